The van der Waals surface area contributed by atoms with Crippen LogP contribution in [0.25, 0.3) is 0 Å². The maximum atomic E-state index is 12.5. The lowest BCUT2D eigenvalue weighted by Crippen LogP contribution is -2.28. The van der Waals surface area contributed by atoms with Crippen molar-refractivity contribution in [2.75, 3.05) is 20.8 Å². The third kappa shape index (κ3) is 4.92. The van der Waals surface area contributed by atoms with E-state index < -0.39 is 0 Å². The molecule has 0 saturated carbocycles. The summed E-state index contributed by atoms with van der Waals surface area (Å²) in [6.45, 7) is 0.581. The number of aromatic nitrogens is 1. The van der Waals surface area contributed by atoms with Crippen LogP contribution in [-0.2, 0) is 11.2 Å². The van der Waals surface area contributed by atoms with Crippen molar-refractivity contribution >= 4 is 17.2 Å². The second kappa shape index (κ2) is 9.28. The minimum Gasteiger partial charge on any atom is -0.493 e. The Balaban J connectivity index is 1.56. The van der Waals surface area contributed by atoms with Crippen molar-refractivity contribution in [1.29, 1.82) is 0 Å². The summed E-state index contributed by atoms with van der Waals surface area (Å²) in [7, 11) is 3.24. The number of carbonyl (C=O) groups is 1. The van der Waals surface area contributed by atoms with Gasteiger partial charge in [-0.25, -0.2) is 0 Å². The average molecular weight is 385 g/mol. The molecule has 2 aromatic heterocycles. The highest BCUT2D eigenvalue weighted by Gasteiger charge is 2.18. The molecule has 27 heavy (non-hydrogen) atoms. The Morgan fingerprint density at radius 3 is 2.56 bits per heavy atom. The molecule has 1 atom stereocenters. The number of rotatable bonds is 9. The van der Waals surface area contributed by atoms with E-state index in [-0.39, 0.29) is 11.9 Å². The fourth-order valence-electron chi connectivity index (χ4n) is 3.02. The number of nitrogens with one attached hydrogen (secondary N) is 1. The van der Waals surface area contributed by atoms with E-state index >= 15 is 0 Å². The maximum absolute atomic E-state index is 12.5. The van der Waals surface area contributed by atoms with Crippen molar-refractivity contribution < 1.29 is 14.3 Å². The summed E-state index contributed by atoms with van der Waals surface area (Å²) >= 11 is 1.67. The van der Waals surface area contributed by atoms with E-state index in [0.29, 0.717) is 24.5 Å². The molecule has 142 valence electrons. The van der Waals surface area contributed by atoms with Crippen molar-refractivity contribution in [3.05, 3.63) is 70.7 Å². The van der Waals surface area contributed by atoms with Crippen LogP contribution in [0.4, 0.5) is 0 Å². The van der Waals surface area contributed by atoms with E-state index in [9.17, 15) is 4.79 Å². The average Bonchev–Trinajstić information content (AvgIpc) is 3.40. The van der Waals surface area contributed by atoms with Crippen LogP contribution in [-0.4, -0.2) is 31.2 Å². The molecule has 1 amide bonds. The highest BCUT2D eigenvalue weighted by atomic mass is 32.1. The SMILES string of the molecule is COc1ccc(CCNC(=O)C[C@H](c2cccs2)n2cccc2)cc1OC. The molecule has 3 aromatic rings. The Morgan fingerprint density at radius 2 is 1.89 bits per heavy atom. The number of ether oxygens (including phenoxy) is 2. The number of carbonyl (C=O) groups excluding carboxylic acids is 1. The van der Waals surface area contributed by atoms with Gasteiger partial charge in [0.05, 0.1) is 26.7 Å². The van der Waals surface area contributed by atoms with E-state index in [4.69, 9.17) is 9.47 Å². The zero-order chi connectivity index (χ0) is 19.1. The fraction of sp³-hybridized carbons (Fsp3) is 0.286. The van der Waals surface area contributed by atoms with Gasteiger partial charge in [-0.1, -0.05) is 12.1 Å². The molecule has 1 N–H and O–H groups in total. The molecule has 0 fully saturated rings. The lowest BCUT2D eigenvalue weighted by molar-refractivity contribution is -0.121. The zero-order valence-corrected chi connectivity index (χ0v) is 16.4. The Hall–Kier alpha value is -2.73. The van der Waals surface area contributed by atoms with Crippen LogP contribution in [0, 0.1) is 0 Å². The molecule has 0 radical (unpaired) electrons. The van der Waals surface area contributed by atoms with E-state index in [1.807, 2.05) is 54.2 Å². The Labute approximate surface area is 163 Å². The Bertz CT molecular complexity index is 810. The summed E-state index contributed by atoms with van der Waals surface area (Å²) < 4.78 is 12.7. The number of hydrogen-bond acceptors (Lipinski definition) is 4. The second-order valence-electron chi connectivity index (χ2n) is 6.15. The van der Waals surface area contributed by atoms with Gasteiger partial charge in [-0.15, -0.1) is 11.3 Å². The monoisotopic (exact) mass is 384 g/mol. The summed E-state index contributed by atoms with van der Waals surface area (Å²) in [4.78, 5) is 13.7. The van der Waals surface area contributed by atoms with Crippen LogP contribution in [0.2, 0.25) is 0 Å². The van der Waals surface area contributed by atoms with Gasteiger partial charge in [-0.05, 0) is 47.7 Å². The first kappa shape index (κ1) is 19.0. The first-order chi connectivity index (χ1) is 13.2. The standard InChI is InChI=1S/C21H24N2O3S/c1-25-18-8-7-16(14-19(18)26-2)9-10-22-21(24)15-17(20-6-5-13-27-20)23-11-3-4-12-23/h3-8,11-14,17H,9-10,15H2,1-2H3,(H,22,24)/t17-/m1/s1. The first-order valence-electron chi connectivity index (χ1n) is 8.84. The molecule has 0 spiro atoms. The molecule has 0 aliphatic heterocycles. The first-order valence-corrected chi connectivity index (χ1v) is 9.72. The van der Waals surface area contributed by atoms with Gasteiger partial charge in [0.2, 0.25) is 5.91 Å². The van der Waals surface area contributed by atoms with Crippen molar-refractivity contribution in [2.24, 2.45) is 0 Å². The topological polar surface area (TPSA) is 52.5 Å². The molecular weight excluding hydrogens is 360 g/mol. The summed E-state index contributed by atoms with van der Waals surface area (Å²) in [6.07, 6.45) is 5.16. The smallest absolute Gasteiger partial charge is 0.222 e. The van der Waals surface area contributed by atoms with Gasteiger partial charge < -0.3 is 19.4 Å². The number of thiophene rings is 1. The molecule has 3 rings (SSSR count). The van der Waals surface area contributed by atoms with Crippen molar-refractivity contribution in [2.45, 2.75) is 18.9 Å². The number of benzene rings is 1. The third-order valence-corrected chi connectivity index (χ3v) is 5.40. The molecule has 5 nitrogen and oxygen atoms in total. The Morgan fingerprint density at radius 1 is 1.11 bits per heavy atom. The normalized spacial score (nSPS) is 11.8. The van der Waals surface area contributed by atoms with Gasteiger partial charge >= 0.3 is 0 Å². The molecule has 1 aromatic carbocycles. The van der Waals surface area contributed by atoms with Crippen LogP contribution in [0.15, 0.2) is 60.2 Å². The Kier molecular flexibility index (Phi) is 6.54. The van der Waals surface area contributed by atoms with Gasteiger partial charge in [-0.2, -0.15) is 0 Å². The van der Waals surface area contributed by atoms with Gasteiger partial charge in [0.1, 0.15) is 0 Å². The van der Waals surface area contributed by atoms with Gasteiger partial charge in [0, 0.05) is 23.8 Å². The minimum absolute atomic E-state index is 0.0288. The molecular formula is C21H24N2O3S. The molecule has 0 aliphatic carbocycles. The lowest BCUT2D eigenvalue weighted by Gasteiger charge is -2.17. The van der Waals surface area contributed by atoms with Gasteiger partial charge in [0.15, 0.2) is 11.5 Å². The lowest BCUT2D eigenvalue weighted by atomic mass is 10.1. The fourth-order valence-corrected chi connectivity index (χ4v) is 3.85. The van der Waals surface area contributed by atoms with Crippen LogP contribution < -0.4 is 14.8 Å². The predicted octanol–water partition coefficient (Wildman–Crippen LogP) is 3.91. The number of nitrogens with zero attached hydrogens (tertiary/aromatic N) is 1. The molecule has 2 heterocycles. The number of methoxy groups -OCH3 is 2. The summed E-state index contributed by atoms with van der Waals surface area (Å²) in [6, 6.07) is 13.9. The summed E-state index contributed by atoms with van der Waals surface area (Å²) in [5.41, 5.74) is 1.09. The van der Waals surface area contributed by atoms with Crippen LogP contribution in [0.1, 0.15) is 22.9 Å². The predicted molar refractivity (Wildman–Crippen MR) is 108 cm³/mol. The molecule has 0 aliphatic rings. The quantitative estimate of drug-likeness (QED) is 0.609. The summed E-state index contributed by atoms with van der Waals surface area (Å²) in [5.74, 6) is 1.45. The molecule has 0 unspecified atom stereocenters. The molecule has 6 heteroatoms. The van der Waals surface area contributed by atoms with Crippen molar-refractivity contribution in [3.8, 4) is 11.5 Å². The molecule has 0 saturated heterocycles. The highest BCUT2D eigenvalue weighted by molar-refractivity contribution is 7.10. The van der Waals surface area contributed by atoms with Crippen molar-refractivity contribution in [1.82, 2.24) is 9.88 Å². The number of hydrogen-bond donors (Lipinski definition) is 1. The minimum atomic E-state index is 0.0288. The van der Waals surface area contributed by atoms with Gasteiger partial charge in [0.25, 0.3) is 0 Å². The van der Waals surface area contributed by atoms with Crippen LogP contribution in [0.3, 0.4) is 0 Å². The van der Waals surface area contributed by atoms with Gasteiger partial charge in [-0.3, -0.25) is 4.79 Å². The third-order valence-electron chi connectivity index (χ3n) is 4.42. The van der Waals surface area contributed by atoms with E-state index in [2.05, 4.69) is 16.0 Å². The van der Waals surface area contributed by atoms with Crippen molar-refractivity contribution in [3.63, 3.8) is 0 Å². The maximum Gasteiger partial charge on any atom is 0.222 e. The largest absolute Gasteiger partial charge is 0.493 e. The zero-order valence-electron chi connectivity index (χ0n) is 15.6. The number of amides is 1. The second-order valence-corrected chi connectivity index (χ2v) is 7.13. The van der Waals surface area contributed by atoms with E-state index in [1.54, 1.807) is 25.6 Å². The van der Waals surface area contributed by atoms with E-state index in [0.717, 1.165) is 12.0 Å². The molecule has 0 bridgehead atoms. The van der Waals surface area contributed by atoms with Crippen LogP contribution >= 0.6 is 11.3 Å². The summed E-state index contributed by atoms with van der Waals surface area (Å²) in [5, 5.41) is 5.07. The van der Waals surface area contributed by atoms with Crippen LogP contribution in [0.5, 0.6) is 11.5 Å². The highest BCUT2D eigenvalue weighted by Crippen LogP contribution is 2.28. The van der Waals surface area contributed by atoms with E-state index in [1.165, 1.54) is 4.88 Å².